The highest BCUT2D eigenvalue weighted by Gasteiger charge is 2.22. The Balaban J connectivity index is 1.95. The van der Waals surface area contributed by atoms with Crippen molar-refractivity contribution >= 4 is 49.1 Å². The average Bonchev–Trinajstić information content (AvgIpc) is 3.03. The van der Waals surface area contributed by atoms with Crippen molar-refractivity contribution in [3.63, 3.8) is 0 Å². The molecular weight excluding hydrogens is 454 g/mol. The minimum absolute atomic E-state index is 0.0884. The highest BCUT2D eigenvalue weighted by atomic mass is 35.5. The number of amides is 1. The summed E-state index contributed by atoms with van der Waals surface area (Å²) < 4.78 is 29.6. The second-order valence-corrected chi connectivity index (χ2v) is 10.2. The largest absolute Gasteiger partial charge is 0.319 e. The number of rotatable bonds is 7. The van der Waals surface area contributed by atoms with Gasteiger partial charge in [0.15, 0.2) is 4.80 Å². The molecule has 3 rings (SSSR count). The Kier molecular flexibility index (Phi) is 6.96. The lowest BCUT2D eigenvalue weighted by Crippen LogP contribution is -2.31. The predicted molar refractivity (Wildman–Crippen MR) is 126 cm³/mol. The number of halogens is 1. The zero-order valence-electron chi connectivity index (χ0n) is 17.2. The van der Waals surface area contributed by atoms with Gasteiger partial charge in [0.05, 0.1) is 15.1 Å². The first kappa shape index (κ1) is 23.1. The maximum absolute atomic E-state index is 12.8. The lowest BCUT2D eigenvalue weighted by molar-refractivity contribution is 0.0998. The number of nitrogens with zero attached hydrogens (tertiary/aromatic N) is 3. The van der Waals surface area contributed by atoms with E-state index >= 15 is 0 Å². The van der Waals surface area contributed by atoms with Crippen LogP contribution < -0.4 is 4.80 Å². The lowest BCUT2D eigenvalue weighted by Gasteiger charge is -2.19. The number of carbonyl (C=O) groups is 1. The van der Waals surface area contributed by atoms with E-state index in [9.17, 15) is 13.2 Å². The number of carbonyl (C=O) groups excluding carboxylic acids is 1. The number of aryl methyl sites for hydroxylation is 2. The van der Waals surface area contributed by atoms with Crippen LogP contribution in [0.25, 0.3) is 10.2 Å². The van der Waals surface area contributed by atoms with Gasteiger partial charge in [-0.05, 0) is 48.9 Å². The van der Waals surface area contributed by atoms with E-state index in [2.05, 4.69) is 18.2 Å². The van der Waals surface area contributed by atoms with Gasteiger partial charge in [-0.15, -0.1) is 13.2 Å². The van der Waals surface area contributed by atoms with Crippen LogP contribution in [0, 0.1) is 6.92 Å². The maximum atomic E-state index is 12.8. The fraction of sp³-hybridized carbons (Fsp3) is 0.182. The molecule has 0 saturated heterocycles. The lowest BCUT2D eigenvalue weighted by atomic mass is 10.2. The van der Waals surface area contributed by atoms with E-state index in [0.717, 1.165) is 15.8 Å². The van der Waals surface area contributed by atoms with Gasteiger partial charge >= 0.3 is 0 Å². The summed E-state index contributed by atoms with van der Waals surface area (Å²) in [4.78, 5) is 17.6. The number of hydrogen-bond donors (Lipinski definition) is 0. The van der Waals surface area contributed by atoms with Crippen LogP contribution in [-0.4, -0.2) is 36.3 Å². The van der Waals surface area contributed by atoms with Gasteiger partial charge in [0.25, 0.3) is 5.91 Å². The summed E-state index contributed by atoms with van der Waals surface area (Å²) in [5.41, 5.74) is 2.25. The molecule has 0 N–H and O–H groups in total. The molecule has 0 saturated carbocycles. The van der Waals surface area contributed by atoms with Crippen LogP contribution in [0.5, 0.6) is 0 Å². The smallest absolute Gasteiger partial charge is 0.279 e. The molecule has 0 aliphatic heterocycles. The summed E-state index contributed by atoms with van der Waals surface area (Å²) in [6.07, 6.45) is 3.02. The predicted octanol–water partition coefficient (Wildman–Crippen LogP) is 4.31. The van der Waals surface area contributed by atoms with E-state index in [1.807, 2.05) is 30.7 Å². The quantitative estimate of drug-likeness (QED) is 0.478. The number of aromatic nitrogens is 1. The van der Waals surface area contributed by atoms with Crippen LogP contribution in [0.2, 0.25) is 5.02 Å². The van der Waals surface area contributed by atoms with E-state index in [1.165, 1.54) is 52.1 Å². The number of sulfonamides is 1. The molecule has 162 valence electrons. The van der Waals surface area contributed by atoms with Gasteiger partial charge in [0, 0.05) is 30.7 Å². The summed E-state index contributed by atoms with van der Waals surface area (Å²) in [5, 5.41) is 0.628. The van der Waals surface area contributed by atoms with Gasteiger partial charge < -0.3 is 4.57 Å². The Morgan fingerprint density at radius 3 is 2.39 bits per heavy atom. The Bertz CT molecular complexity index is 1330. The highest BCUT2D eigenvalue weighted by molar-refractivity contribution is 7.89. The Morgan fingerprint density at radius 1 is 1.19 bits per heavy atom. The summed E-state index contributed by atoms with van der Waals surface area (Å²) in [6.45, 7) is 9.47. The summed E-state index contributed by atoms with van der Waals surface area (Å²) in [5.74, 6) is -0.455. The fourth-order valence-corrected chi connectivity index (χ4v) is 6.05. The summed E-state index contributed by atoms with van der Waals surface area (Å²) in [6, 6.07) is 9.46. The number of fused-ring (bicyclic) bond motifs is 1. The van der Waals surface area contributed by atoms with Crippen LogP contribution in [0.15, 0.2) is 71.6 Å². The third kappa shape index (κ3) is 4.72. The van der Waals surface area contributed by atoms with Crippen molar-refractivity contribution in [2.45, 2.75) is 11.8 Å². The third-order valence-corrected chi connectivity index (χ3v) is 7.80. The standard InChI is InChI=1S/C22H22ClN3O3S2/c1-5-11-26(12-6-2)31(28,29)18-9-7-16(8-10-18)21(27)24-22-25(4)20-15(3)13-17(23)14-19(20)30-22/h5-10,13-14H,1-2,11-12H2,3-4H3. The zero-order valence-corrected chi connectivity index (χ0v) is 19.6. The Labute approximate surface area is 190 Å². The SMILES string of the molecule is C=CCN(CC=C)S(=O)(=O)c1ccc(C(=O)N=c2sc3cc(Cl)cc(C)c3n2C)cc1. The fourth-order valence-electron chi connectivity index (χ4n) is 3.20. The van der Waals surface area contributed by atoms with Gasteiger partial charge in [0.1, 0.15) is 0 Å². The van der Waals surface area contributed by atoms with Crippen molar-refractivity contribution in [2.24, 2.45) is 12.0 Å². The van der Waals surface area contributed by atoms with Crippen molar-refractivity contribution in [2.75, 3.05) is 13.1 Å². The number of benzene rings is 2. The second kappa shape index (κ2) is 9.32. The molecule has 0 aliphatic carbocycles. The van der Waals surface area contributed by atoms with Crippen LogP contribution in [0.4, 0.5) is 0 Å². The Morgan fingerprint density at radius 2 is 1.81 bits per heavy atom. The Hall–Kier alpha value is -2.52. The van der Waals surface area contributed by atoms with E-state index in [4.69, 9.17) is 11.6 Å². The second-order valence-electron chi connectivity index (χ2n) is 6.85. The van der Waals surface area contributed by atoms with E-state index in [0.29, 0.717) is 15.4 Å². The summed E-state index contributed by atoms with van der Waals surface area (Å²) >= 11 is 7.50. The van der Waals surface area contributed by atoms with Crippen LogP contribution in [0.1, 0.15) is 15.9 Å². The van der Waals surface area contributed by atoms with Gasteiger partial charge in [-0.3, -0.25) is 4.79 Å². The number of hydrogen-bond acceptors (Lipinski definition) is 4. The molecule has 0 fully saturated rings. The molecule has 6 nitrogen and oxygen atoms in total. The molecule has 0 radical (unpaired) electrons. The molecule has 0 bridgehead atoms. The molecule has 31 heavy (non-hydrogen) atoms. The van der Waals surface area contributed by atoms with Crippen LogP contribution in [-0.2, 0) is 17.1 Å². The molecule has 1 amide bonds. The molecular formula is C22H22ClN3O3S2. The molecule has 1 aromatic heterocycles. The minimum Gasteiger partial charge on any atom is -0.319 e. The van der Waals surface area contributed by atoms with Gasteiger partial charge in [0.2, 0.25) is 10.0 Å². The van der Waals surface area contributed by atoms with Gasteiger partial charge in [-0.25, -0.2) is 8.42 Å². The minimum atomic E-state index is -3.73. The molecule has 2 aromatic carbocycles. The summed E-state index contributed by atoms with van der Waals surface area (Å²) in [7, 11) is -1.88. The van der Waals surface area contributed by atoms with E-state index < -0.39 is 15.9 Å². The van der Waals surface area contributed by atoms with E-state index in [1.54, 1.807) is 0 Å². The molecule has 9 heteroatoms. The van der Waals surface area contributed by atoms with Crippen LogP contribution >= 0.6 is 22.9 Å². The maximum Gasteiger partial charge on any atom is 0.279 e. The molecule has 0 unspecified atom stereocenters. The van der Waals surface area contributed by atoms with Crippen molar-refractivity contribution in [3.8, 4) is 0 Å². The average molecular weight is 476 g/mol. The van der Waals surface area contributed by atoms with Crippen LogP contribution in [0.3, 0.4) is 0 Å². The third-order valence-electron chi connectivity index (χ3n) is 4.66. The molecule has 3 aromatic rings. The molecule has 0 aliphatic rings. The molecule has 0 atom stereocenters. The normalized spacial score (nSPS) is 12.5. The van der Waals surface area contributed by atoms with E-state index in [-0.39, 0.29) is 18.0 Å². The van der Waals surface area contributed by atoms with Crippen molar-refractivity contribution in [3.05, 3.63) is 82.7 Å². The van der Waals surface area contributed by atoms with Crippen molar-refractivity contribution in [1.29, 1.82) is 0 Å². The molecule has 1 heterocycles. The first-order valence-electron chi connectivity index (χ1n) is 9.35. The van der Waals surface area contributed by atoms with Crippen molar-refractivity contribution < 1.29 is 13.2 Å². The highest BCUT2D eigenvalue weighted by Crippen LogP contribution is 2.25. The monoisotopic (exact) mass is 475 g/mol. The van der Waals surface area contributed by atoms with Gasteiger partial charge in [-0.2, -0.15) is 9.30 Å². The first-order chi connectivity index (χ1) is 14.7. The zero-order chi connectivity index (χ0) is 22.8. The number of thiazole rings is 1. The van der Waals surface area contributed by atoms with Gasteiger partial charge in [-0.1, -0.05) is 35.1 Å². The first-order valence-corrected chi connectivity index (χ1v) is 12.0. The van der Waals surface area contributed by atoms with Crippen molar-refractivity contribution in [1.82, 2.24) is 8.87 Å². The topological polar surface area (TPSA) is 71.7 Å². The molecule has 0 spiro atoms.